The Bertz CT molecular complexity index is 776. The van der Waals surface area contributed by atoms with Crippen LogP contribution in [0.5, 0.6) is 5.75 Å². The molecule has 25 heavy (non-hydrogen) atoms. The molecule has 0 spiro atoms. The van der Waals surface area contributed by atoms with Crippen LogP contribution in [0.2, 0.25) is 0 Å². The second kappa shape index (κ2) is 8.93. The Morgan fingerprint density at radius 2 is 1.60 bits per heavy atom. The zero-order chi connectivity index (χ0) is 18.2. The second-order valence-electron chi connectivity index (χ2n) is 5.25. The zero-order valence-electron chi connectivity index (χ0n) is 13.5. The van der Waals surface area contributed by atoms with Crippen LogP contribution in [-0.2, 0) is 6.42 Å². The van der Waals surface area contributed by atoms with Gasteiger partial charge in [0.25, 0.3) is 6.43 Å². The zero-order valence-corrected chi connectivity index (χ0v) is 13.5. The van der Waals surface area contributed by atoms with Crippen molar-refractivity contribution in [2.75, 3.05) is 0 Å². The highest BCUT2D eigenvalue weighted by atomic mass is 19.3. The first kappa shape index (κ1) is 18.6. The summed E-state index contributed by atoms with van der Waals surface area (Å²) in [6, 6.07) is 9.59. The molecule has 0 N–H and O–H groups in total. The van der Waals surface area contributed by atoms with Crippen molar-refractivity contribution >= 4 is 0 Å². The maximum Gasteiger partial charge on any atom is 0.260 e. The fourth-order valence-corrected chi connectivity index (χ4v) is 2.10. The third kappa shape index (κ3) is 5.68. The molecule has 0 saturated heterocycles. The molecule has 2 aromatic rings. The lowest BCUT2D eigenvalue weighted by molar-refractivity contribution is 0.200. The summed E-state index contributed by atoms with van der Waals surface area (Å²) in [6.07, 6.45) is 0.195. The lowest BCUT2D eigenvalue weighted by atomic mass is 10.1. The van der Waals surface area contributed by atoms with Crippen molar-refractivity contribution < 1.29 is 22.3 Å². The Morgan fingerprint density at radius 1 is 1.00 bits per heavy atom. The quantitative estimate of drug-likeness (QED) is 0.395. The van der Waals surface area contributed by atoms with Gasteiger partial charge < -0.3 is 4.74 Å². The molecule has 0 radical (unpaired) electrons. The van der Waals surface area contributed by atoms with Gasteiger partial charge in [0.05, 0.1) is 6.26 Å². The Hall–Kier alpha value is -2.74. The highest BCUT2D eigenvalue weighted by Gasteiger charge is 2.11. The summed E-state index contributed by atoms with van der Waals surface area (Å²) in [5.41, 5.74) is 2.04. The molecule has 0 fully saturated rings. The predicted molar refractivity (Wildman–Crippen MR) is 88.5 cm³/mol. The van der Waals surface area contributed by atoms with E-state index in [-0.39, 0.29) is 5.56 Å². The first-order chi connectivity index (χ1) is 12.0. The van der Waals surface area contributed by atoms with Gasteiger partial charge in [-0.1, -0.05) is 37.3 Å². The SMILES string of the molecule is CCCc1ccc(C#Cc2cc(F)c(OC=CC(F)F)c(F)c2)cc1. The minimum atomic E-state index is -2.76. The van der Waals surface area contributed by atoms with Crippen LogP contribution in [-0.4, -0.2) is 6.43 Å². The Balaban J connectivity index is 2.16. The number of ether oxygens (including phenoxy) is 1. The van der Waals surface area contributed by atoms with Crippen molar-refractivity contribution in [3.8, 4) is 17.6 Å². The minimum Gasteiger partial charge on any atom is -0.459 e. The van der Waals surface area contributed by atoms with Crippen molar-refractivity contribution in [2.45, 2.75) is 26.2 Å². The molecule has 0 unspecified atom stereocenters. The minimum absolute atomic E-state index is 0.123. The molecule has 0 aromatic heterocycles. The van der Waals surface area contributed by atoms with Gasteiger partial charge in [-0.3, -0.25) is 0 Å². The summed E-state index contributed by atoms with van der Waals surface area (Å²) < 4.78 is 56.2. The second-order valence-corrected chi connectivity index (χ2v) is 5.25. The van der Waals surface area contributed by atoms with Crippen molar-refractivity contribution in [1.29, 1.82) is 0 Å². The predicted octanol–water partition coefficient (Wildman–Crippen LogP) is 5.47. The van der Waals surface area contributed by atoms with E-state index < -0.39 is 23.8 Å². The first-order valence-corrected chi connectivity index (χ1v) is 7.71. The maximum absolute atomic E-state index is 13.8. The maximum atomic E-state index is 13.8. The molecule has 0 aliphatic carbocycles. The van der Waals surface area contributed by atoms with Crippen LogP contribution in [0.15, 0.2) is 48.7 Å². The lowest BCUT2D eigenvalue weighted by Gasteiger charge is -2.04. The molecular weight excluding hydrogens is 332 g/mol. The first-order valence-electron chi connectivity index (χ1n) is 7.71. The third-order valence-electron chi connectivity index (χ3n) is 3.25. The van der Waals surface area contributed by atoms with Crippen LogP contribution < -0.4 is 4.74 Å². The number of aryl methyl sites for hydroxylation is 1. The average molecular weight is 348 g/mol. The molecule has 0 atom stereocenters. The summed E-state index contributed by atoms with van der Waals surface area (Å²) in [5.74, 6) is 2.73. The van der Waals surface area contributed by atoms with E-state index in [1.54, 1.807) is 0 Å². The summed E-state index contributed by atoms with van der Waals surface area (Å²) in [6.45, 7) is 2.09. The van der Waals surface area contributed by atoms with Gasteiger partial charge in [0.15, 0.2) is 17.4 Å². The van der Waals surface area contributed by atoms with Gasteiger partial charge in [-0.25, -0.2) is 17.6 Å². The molecule has 130 valence electrons. The number of alkyl halides is 2. The Morgan fingerprint density at radius 3 is 2.16 bits per heavy atom. The van der Waals surface area contributed by atoms with Crippen molar-refractivity contribution in [2.24, 2.45) is 0 Å². The van der Waals surface area contributed by atoms with Crippen LogP contribution in [0.4, 0.5) is 17.6 Å². The molecular formula is C20H16F4O. The average Bonchev–Trinajstić information content (AvgIpc) is 2.57. The molecule has 0 amide bonds. The van der Waals surface area contributed by atoms with E-state index in [1.165, 1.54) is 5.56 Å². The van der Waals surface area contributed by atoms with Crippen LogP contribution in [0.25, 0.3) is 0 Å². The van der Waals surface area contributed by atoms with Gasteiger partial charge in [-0.2, -0.15) is 0 Å². The summed E-state index contributed by atoms with van der Waals surface area (Å²) in [7, 11) is 0. The number of allylic oxidation sites excluding steroid dienone is 1. The van der Waals surface area contributed by atoms with Gasteiger partial charge in [0, 0.05) is 17.2 Å². The van der Waals surface area contributed by atoms with Gasteiger partial charge in [0.2, 0.25) is 0 Å². The van der Waals surface area contributed by atoms with E-state index in [0.717, 1.165) is 30.5 Å². The third-order valence-corrected chi connectivity index (χ3v) is 3.25. The number of benzene rings is 2. The van der Waals surface area contributed by atoms with Crippen LogP contribution in [0.3, 0.4) is 0 Å². The highest BCUT2D eigenvalue weighted by molar-refractivity contribution is 5.46. The number of hydrogen-bond donors (Lipinski definition) is 0. The Kier molecular flexibility index (Phi) is 6.64. The van der Waals surface area contributed by atoms with Crippen LogP contribution in [0, 0.1) is 23.5 Å². The van der Waals surface area contributed by atoms with E-state index in [4.69, 9.17) is 0 Å². The van der Waals surface area contributed by atoms with Crippen molar-refractivity contribution in [3.63, 3.8) is 0 Å². The molecule has 2 rings (SSSR count). The van der Waals surface area contributed by atoms with Gasteiger partial charge >= 0.3 is 0 Å². The highest BCUT2D eigenvalue weighted by Crippen LogP contribution is 2.23. The molecule has 0 bridgehead atoms. The standard InChI is InChI=1S/C20H16F4O/c1-2-3-14-4-6-15(7-5-14)8-9-16-12-17(21)20(18(22)13-16)25-11-10-19(23)24/h4-7,10-13,19H,2-3H2,1H3. The molecule has 0 aliphatic heterocycles. The summed E-state index contributed by atoms with van der Waals surface area (Å²) >= 11 is 0. The molecule has 2 aromatic carbocycles. The molecule has 0 saturated carbocycles. The molecule has 1 nitrogen and oxygen atoms in total. The normalized spacial score (nSPS) is 10.8. The summed E-state index contributed by atoms with van der Waals surface area (Å²) in [4.78, 5) is 0. The van der Waals surface area contributed by atoms with Crippen molar-refractivity contribution in [1.82, 2.24) is 0 Å². The molecule has 5 heteroatoms. The molecule has 0 heterocycles. The summed E-state index contributed by atoms with van der Waals surface area (Å²) in [5, 5.41) is 0. The Labute approximate surface area is 143 Å². The van der Waals surface area contributed by atoms with E-state index >= 15 is 0 Å². The van der Waals surface area contributed by atoms with Gasteiger partial charge in [-0.05, 0) is 36.2 Å². The number of halogens is 4. The lowest BCUT2D eigenvalue weighted by Crippen LogP contribution is -1.94. The van der Waals surface area contributed by atoms with Crippen LogP contribution in [0.1, 0.15) is 30.0 Å². The number of hydrogen-bond acceptors (Lipinski definition) is 1. The topological polar surface area (TPSA) is 9.23 Å². The van der Waals surface area contributed by atoms with Crippen LogP contribution >= 0.6 is 0 Å². The van der Waals surface area contributed by atoms with E-state index in [2.05, 4.69) is 23.5 Å². The largest absolute Gasteiger partial charge is 0.459 e. The van der Waals surface area contributed by atoms with E-state index in [9.17, 15) is 17.6 Å². The monoisotopic (exact) mass is 348 g/mol. The van der Waals surface area contributed by atoms with E-state index in [1.807, 2.05) is 24.3 Å². The smallest absolute Gasteiger partial charge is 0.260 e. The fourth-order valence-electron chi connectivity index (χ4n) is 2.10. The van der Waals surface area contributed by atoms with E-state index in [0.29, 0.717) is 12.3 Å². The van der Waals surface area contributed by atoms with Crippen molar-refractivity contribution in [3.05, 3.63) is 77.1 Å². The fraction of sp³-hybridized carbons (Fsp3) is 0.200. The van der Waals surface area contributed by atoms with Gasteiger partial charge in [-0.15, -0.1) is 0 Å². The molecule has 0 aliphatic rings. The number of rotatable bonds is 5. The van der Waals surface area contributed by atoms with Gasteiger partial charge in [0.1, 0.15) is 0 Å².